The molecule has 2 fully saturated rings. The first kappa shape index (κ1) is 27.5. The van der Waals surface area contributed by atoms with Gasteiger partial charge in [0.05, 0.1) is 5.56 Å². The van der Waals surface area contributed by atoms with E-state index in [9.17, 15) is 27.2 Å². The lowest BCUT2D eigenvalue weighted by Gasteiger charge is -2.28. The molecule has 2 saturated carbocycles. The van der Waals surface area contributed by atoms with E-state index in [1.54, 1.807) is 11.6 Å². The number of halogens is 4. The number of aromatic nitrogens is 5. The normalized spacial score (nSPS) is 24.9. The average molecular weight is 597 g/mol. The Morgan fingerprint density at radius 2 is 2.02 bits per heavy atom. The van der Waals surface area contributed by atoms with Gasteiger partial charge in [0.25, 0.3) is 5.91 Å². The van der Waals surface area contributed by atoms with Crippen LogP contribution in [0.2, 0.25) is 0 Å². The number of amides is 2. The number of carbonyl (C=O) groups excluding carboxylic acids is 2. The van der Waals surface area contributed by atoms with E-state index in [0.29, 0.717) is 48.0 Å². The monoisotopic (exact) mass is 596 g/mol. The zero-order valence-corrected chi connectivity index (χ0v) is 22.8. The van der Waals surface area contributed by atoms with Crippen molar-refractivity contribution in [3.05, 3.63) is 28.4 Å². The number of rotatable bonds is 10. The molecule has 3 aliphatic rings. The predicted octanol–water partition coefficient (Wildman–Crippen LogP) is 3.92. The van der Waals surface area contributed by atoms with E-state index < -0.39 is 30.8 Å². The van der Waals surface area contributed by atoms with Crippen LogP contribution in [0, 0.1) is 11.8 Å². The molecule has 16 heteroatoms. The third-order valence-electron chi connectivity index (χ3n) is 7.78. The maximum Gasteiger partial charge on any atom is 0.388 e. The number of anilines is 3. The van der Waals surface area contributed by atoms with Gasteiger partial charge in [-0.1, -0.05) is 0 Å². The Bertz CT molecular complexity index is 1450. The molecule has 3 aromatic rings. The average Bonchev–Trinajstić information content (AvgIpc) is 3.21. The minimum absolute atomic E-state index is 0.163. The van der Waals surface area contributed by atoms with E-state index in [1.165, 1.54) is 28.4 Å². The van der Waals surface area contributed by atoms with Gasteiger partial charge in [-0.25, -0.2) is 13.5 Å². The van der Waals surface area contributed by atoms with E-state index in [-0.39, 0.29) is 43.1 Å². The summed E-state index contributed by atoms with van der Waals surface area (Å²) in [6, 6.07) is 1.14. The van der Waals surface area contributed by atoms with Crippen molar-refractivity contribution in [2.45, 2.75) is 63.5 Å². The van der Waals surface area contributed by atoms with E-state index >= 15 is 0 Å². The molecule has 3 aromatic heterocycles. The molecule has 3 atom stereocenters. The molecule has 3 aliphatic carbocycles. The molecule has 3 heterocycles. The van der Waals surface area contributed by atoms with Crippen molar-refractivity contribution in [1.82, 2.24) is 29.9 Å². The first-order valence-corrected chi connectivity index (χ1v) is 14.1. The highest BCUT2D eigenvalue weighted by Gasteiger charge is 2.39. The molecule has 3 N–H and O–H groups in total. The van der Waals surface area contributed by atoms with Crippen molar-refractivity contribution in [1.29, 1.82) is 0 Å². The summed E-state index contributed by atoms with van der Waals surface area (Å²) in [6.07, 6.45) is 2.09. The zero-order chi connectivity index (χ0) is 28.8. The molecule has 0 radical (unpaired) electrons. The third-order valence-corrected chi connectivity index (χ3v) is 8.99. The van der Waals surface area contributed by atoms with E-state index in [2.05, 4.69) is 36.0 Å². The Hall–Kier alpha value is -3.69. The molecule has 41 heavy (non-hydrogen) atoms. The molecule has 2 amide bonds. The van der Waals surface area contributed by atoms with Gasteiger partial charge in [-0.2, -0.15) is 8.78 Å². The number of thiophene rings is 1. The fourth-order valence-corrected chi connectivity index (χ4v) is 6.51. The van der Waals surface area contributed by atoms with Crippen molar-refractivity contribution < 1.29 is 31.9 Å². The zero-order valence-electron chi connectivity index (χ0n) is 21.9. The topological polar surface area (TPSA) is 128 Å². The largest absolute Gasteiger partial charge is 0.415 e. The van der Waals surface area contributed by atoms with Crippen LogP contribution in [0.4, 0.5) is 34.3 Å². The Labute approximate surface area is 235 Å². The van der Waals surface area contributed by atoms with Crippen molar-refractivity contribution in [2.75, 3.05) is 17.2 Å². The van der Waals surface area contributed by atoms with Crippen LogP contribution in [0.25, 0.3) is 0 Å². The van der Waals surface area contributed by atoms with Crippen molar-refractivity contribution in [3.8, 4) is 5.88 Å². The molecule has 0 aromatic carbocycles. The SMILES string of the molecule is Cn1nc(OC(F)F)cc1Nc1nncn1[C@H]1CCc2sc(NC(=O)C3CC(F)C3)c(C(=O)NCC3C[C@@H]3F)c2C1. The summed E-state index contributed by atoms with van der Waals surface area (Å²) in [4.78, 5) is 27.1. The van der Waals surface area contributed by atoms with Crippen molar-refractivity contribution in [3.63, 3.8) is 0 Å². The van der Waals surface area contributed by atoms with Crippen LogP contribution in [0.15, 0.2) is 12.4 Å². The number of ether oxygens (including phenoxy) is 1. The van der Waals surface area contributed by atoms with Gasteiger partial charge in [0.1, 0.15) is 29.5 Å². The van der Waals surface area contributed by atoms with Crippen LogP contribution in [0.1, 0.15) is 52.5 Å². The molecule has 0 saturated heterocycles. The van der Waals surface area contributed by atoms with E-state index in [0.717, 1.165) is 10.4 Å². The fraction of sp³-hybridized carbons (Fsp3) is 0.560. The number of hydrogen-bond donors (Lipinski definition) is 3. The highest BCUT2D eigenvalue weighted by molar-refractivity contribution is 7.17. The van der Waals surface area contributed by atoms with Crippen LogP contribution < -0.4 is 20.7 Å². The minimum Gasteiger partial charge on any atom is -0.415 e. The third kappa shape index (κ3) is 5.74. The lowest BCUT2D eigenvalue weighted by atomic mass is 9.83. The van der Waals surface area contributed by atoms with Gasteiger partial charge >= 0.3 is 6.61 Å². The van der Waals surface area contributed by atoms with Gasteiger partial charge in [-0.3, -0.25) is 14.2 Å². The van der Waals surface area contributed by atoms with E-state index in [1.807, 2.05) is 0 Å². The second-order valence-corrected chi connectivity index (χ2v) is 11.7. The van der Waals surface area contributed by atoms with Crippen molar-refractivity contribution >= 4 is 39.9 Å². The van der Waals surface area contributed by atoms with Crippen LogP contribution in [-0.4, -0.2) is 61.9 Å². The molecular formula is C25H28F4N8O3S. The first-order chi connectivity index (χ1) is 19.7. The standard InChI is InChI=1S/C25H28F4N8O3S/c1-36-18(8-19(35-36)40-24(28)29)32-25-34-31-10-37(25)14-2-3-17-15(7-14)20(22(39)30-9-12-6-16(12)27)23(41-17)33-21(38)11-4-13(26)5-11/h8,10-14,16,24H,2-7,9H2,1H3,(H,30,39)(H,32,34)(H,33,38)/t11?,12?,13?,14-,16-/m0/s1. The molecule has 11 nitrogen and oxygen atoms in total. The maximum absolute atomic E-state index is 13.4. The number of fused-ring (bicyclic) bond motifs is 1. The van der Waals surface area contributed by atoms with Crippen LogP contribution in [0.5, 0.6) is 5.88 Å². The number of nitrogens with one attached hydrogen (secondary N) is 3. The second-order valence-electron chi connectivity index (χ2n) is 10.6. The lowest BCUT2D eigenvalue weighted by molar-refractivity contribution is -0.124. The summed E-state index contributed by atoms with van der Waals surface area (Å²) < 4.78 is 59.5. The Balaban J connectivity index is 1.23. The summed E-state index contributed by atoms with van der Waals surface area (Å²) in [6.45, 7) is -2.81. The second kappa shape index (κ2) is 10.9. The summed E-state index contributed by atoms with van der Waals surface area (Å²) in [5.41, 5.74) is 1.12. The van der Waals surface area contributed by atoms with Crippen LogP contribution in [0.3, 0.4) is 0 Å². The maximum atomic E-state index is 13.4. The van der Waals surface area contributed by atoms with Gasteiger partial charge in [0, 0.05) is 42.4 Å². The number of carbonyl (C=O) groups is 2. The number of alkyl halides is 4. The summed E-state index contributed by atoms with van der Waals surface area (Å²) in [7, 11) is 1.56. The van der Waals surface area contributed by atoms with E-state index in [4.69, 9.17) is 0 Å². The molecule has 0 aliphatic heterocycles. The molecule has 0 bridgehead atoms. The molecule has 6 rings (SSSR count). The first-order valence-electron chi connectivity index (χ1n) is 13.3. The number of aryl methyl sites for hydroxylation is 2. The number of hydrogen-bond acceptors (Lipinski definition) is 8. The smallest absolute Gasteiger partial charge is 0.388 e. The molecule has 1 unspecified atom stereocenters. The van der Waals surface area contributed by atoms with Gasteiger partial charge in [-0.15, -0.1) is 26.6 Å². The Morgan fingerprint density at radius 1 is 1.24 bits per heavy atom. The van der Waals surface area contributed by atoms with Crippen LogP contribution in [-0.2, 0) is 24.7 Å². The highest BCUT2D eigenvalue weighted by atomic mass is 32.1. The number of nitrogens with zero attached hydrogens (tertiary/aromatic N) is 5. The summed E-state index contributed by atoms with van der Waals surface area (Å²) in [5.74, 6) is -0.909. The van der Waals surface area contributed by atoms with Gasteiger partial charge in [0.15, 0.2) is 0 Å². The van der Waals surface area contributed by atoms with Gasteiger partial charge < -0.3 is 20.7 Å². The predicted molar refractivity (Wildman–Crippen MR) is 140 cm³/mol. The molecule has 220 valence electrons. The van der Waals surface area contributed by atoms with Crippen LogP contribution >= 0.6 is 11.3 Å². The quantitative estimate of drug-likeness (QED) is 0.303. The molecule has 0 spiro atoms. The summed E-state index contributed by atoms with van der Waals surface area (Å²) in [5, 5.41) is 21.2. The van der Waals surface area contributed by atoms with Gasteiger partial charge in [0.2, 0.25) is 17.7 Å². The lowest BCUT2D eigenvalue weighted by Crippen LogP contribution is -2.36. The van der Waals surface area contributed by atoms with Gasteiger partial charge in [-0.05, 0) is 44.1 Å². The fourth-order valence-electron chi connectivity index (χ4n) is 5.26. The summed E-state index contributed by atoms with van der Waals surface area (Å²) >= 11 is 1.33. The minimum atomic E-state index is -3.01. The van der Waals surface area contributed by atoms with Crippen molar-refractivity contribution in [2.24, 2.45) is 18.9 Å². The Kier molecular flexibility index (Phi) is 7.34. The highest BCUT2D eigenvalue weighted by Crippen LogP contribution is 2.43. The Morgan fingerprint density at radius 3 is 2.73 bits per heavy atom. The molecular weight excluding hydrogens is 568 g/mol.